The minimum absolute atomic E-state index is 0.0591. The predicted molar refractivity (Wildman–Crippen MR) is 61.2 cm³/mol. The van der Waals surface area contributed by atoms with Crippen LogP contribution in [0.3, 0.4) is 0 Å². The molecule has 4 N–H and O–H groups in total. The number of aromatic nitrogens is 1. The summed E-state index contributed by atoms with van der Waals surface area (Å²) in [7, 11) is 0. The minimum atomic E-state index is -1.18. The second-order valence-electron chi connectivity index (χ2n) is 3.18. The number of nitrogens with two attached hydrogens (primary N) is 1. The molecule has 1 rings (SSSR count). The highest BCUT2D eigenvalue weighted by molar-refractivity contribution is 5.91. The highest BCUT2D eigenvalue weighted by atomic mass is 16.4. The molecule has 1 aromatic heterocycles. The zero-order valence-electron chi connectivity index (χ0n) is 9.15. The van der Waals surface area contributed by atoms with E-state index in [1.807, 2.05) is 0 Å². The van der Waals surface area contributed by atoms with E-state index >= 15 is 0 Å². The normalized spacial score (nSPS) is 9.00. The molecule has 0 radical (unpaired) electrons. The highest BCUT2D eigenvalue weighted by Gasteiger charge is 2.08. The topological polar surface area (TPSA) is 105 Å². The minimum Gasteiger partial charge on any atom is -0.476 e. The number of amides is 1. The molecule has 0 unspecified atom stereocenters. The van der Waals surface area contributed by atoms with Crippen molar-refractivity contribution in [2.45, 2.75) is 6.92 Å². The lowest BCUT2D eigenvalue weighted by molar-refractivity contribution is -0.118. The Morgan fingerprint density at radius 1 is 1.59 bits per heavy atom. The van der Waals surface area contributed by atoms with Gasteiger partial charge in [0.05, 0.1) is 12.2 Å². The lowest BCUT2D eigenvalue weighted by Crippen LogP contribution is -2.19. The molecule has 0 saturated heterocycles. The highest BCUT2D eigenvalue weighted by Crippen LogP contribution is 2.09. The number of pyridine rings is 1. The number of carboxylic acids is 1. The summed E-state index contributed by atoms with van der Waals surface area (Å²) >= 11 is 0. The first kappa shape index (κ1) is 12.5. The Bertz CT molecular complexity index is 514. The van der Waals surface area contributed by atoms with Crippen LogP contribution in [0, 0.1) is 11.8 Å². The van der Waals surface area contributed by atoms with Crippen molar-refractivity contribution in [3.8, 4) is 11.8 Å². The standard InChI is InChI=1S/C11H11N3O3/c1-7(15)13-4-2-3-8-5-9(12)10(11(16)17)14-6-8/h5-6H,4,12H2,1H3,(H,13,15)(H,16,17). The number of anilines is 1. The van der Waals surface area contributed by atoms with Crippen molar-refractivity contribution in [2.75, 3.05) is 12.3 Å². The Balaban J connectivity index is 2.77. The first-order chi connectivity index (χ1) is 8.00. The van der Waals surface area contributed by atoms with Gasteiger partial charge in [-0.25, -0.2) is 9.78 Å². The van der Waals surface area contributed by atoms with Crippen molar-refractivity contribution < 1.29 is 14.7 Å². The summed E-state index contributed by atoms with van der Waals surface area (Å²) in [4.78, 5) is 24.9. The fraction of sp³-hybridized carbons (Fsp3) is 0.182. The molecule has 0 spiro atoms. The third-order valence-corrected chi connectivity index (χ3v) is 1.78. The van der Waals surface area contributed by atoms with Gasteiger partial charge in [0, 0.05) is 18.7 Å². The molecule has 0 aliphatic rings. The van der Waals surface area contributed by atoms with Gasteiger partial charge in [-0.1, -0.05) is 11.8 Å². The molecule has 0 fully saturated rings. The van der Waals surface area contributed by atoms with Crippen LogP contribution >= 0.6 is 0 Å². The Labute approximate surface area is 97.8 Å². The third kappa shape index (κ3) is 3.83. The molecule has 1 amide bonds. The van der Waals surface area contributed by atoms with Crippen LogP contribution in [-0.4, -0.2) is 28.5 Å². The van der Waals surface area contributed by atoms with Crippen LogP contribution in [0.4, 0.5) is 5.69 Å². The Morgan fingerprint density at radius 2 is 2.29 bits per heavy atom. The summed E-state index contributed by atoms with van der Waals surface area (Å²) in [6.07, 6.45) is 1.32. The fourth-order valence-electron chi connectivity index (χ4n) is 1.04. The maximum absolute atomic E-state index is 10.6. The van der Waals surface area contributed by atoms with Crippen LogP contribution in [-0.2, 0) is 4.79 Å². The number of aromatic carboxylic acids is 1. The van der Waals surface area contributed by atoms with E-state index in [-0.39, 0.29) is 23.8 Å². The largest absolute Gasteiger partial charge is 0.476 e. The summed E-state index contributed by atoms with van der Waals surface area (Å²) in [6, 6.07) is 1.43. The van der Waals surface area contributed by atoms with E-state index in [4.69, 9.17) is 10.8 Å². The summed E-state index contributed by atoms with van der Waals surface area (Å²) < 4.78 is 0. The Morgan fingerprint density at radius 3 is 2.82 bits per heavy atom. The van der Waals surface area contributed by atoms with Gasteiger partial charge in [0.15, 0.2) is 5.69 Å². The molecule has 0 bridgehead atoms. The zero-order chi connectivity index (χ0) is 12.8. The van der Waals surface area contributed by atoms with Crippen molar-refractivity contribution in [2.24, 2.45) is 0 Å². The van der Waals surface area contributed by atoms with Crippen LogP contribution in [0.15, 0.2) is 12.3 Å². The van der Waals surface area contributed by atoms with Crippen molar-refractivity contribution in [3.63, 3.8) is 0 Å². The number of carbonyl (C=O) groups is 2. The van der Waals surface area contributed by atoms with Gasteiger partial charge in [0.25, 0.3) is 0 Å². The molecule has 6 heteroatoms. The van der Waals surface area contributed by atoms with Crippen LogP contribution < -0.4 is 11.1 Å². The summed E-state index contributed by atoms with van der Waals surface area (Å²) in [6.45, 7) is 1.61. The molecular formula is C11H11N3O3. The van der Waals surface area contributed by atoms with Crippen molar-refractivity contribution in [3.05, 3.63) is 23.5 Å². The van der Waals surface area contributed by atoms with Crippen LogP contribution in [0.5, 0.6) is 0 Å². The summed E-state index contributed by atoms with van der Waals surface area (Å²) in [5, 5.41) is 11.2. The quantitative estimate of drug-likeness (QED) is 0.616. The maximum Gasteiger partial charge on any atom is 0.356 e. The number of rotatable bonds is 2. The summed E-state index contributed by atoms with van der Waals surface area (Å²) in [5.74, 6) is 4.04. The monoisotopic (exact) mass is 233 g/mol. The maximum atomic E-state index is 10.6. The molecule has 0 aliphatic heterocycles. The predicted octanol–water partition coefficient (Wildman–Crippen LogP) is -0.150. The smallest absolute Gasteiger partial charge is 0.356 e. The molecule has 0 aromatic carbocycles. The number of nitrogen functional groups attached to an aromatic ring is 1. The van der Waals surface area contributed by atoms with Crippen LogP contribution in [0.2, 0.25) is 0 Å². The van der Waals surface area contributed by atoms with E-state index in [1.54, 1.807) is 0 Å². The van der Waals surface area contributed by atoms with Gasteiger partial charge in [-0.2, -0.15) is 0 Å². The molecule has 0 saturated carbocycles. The van der Waals surface area contributed by atoms with E-state index in [0.717, 1.165) is 0 Å². The SMILES string of the molecule is CC(=O)NCC#Cc1cnc(C(=O)O)c(N)c1. The number of nitrogens with zero attached hydrogens (tertiary/aromatic N) is 1. The van der Waals surface area contributed by atoms with E-state index in [0.29, 0.717) is 5.56 Å². The lowest BCUT2D eigenvalue weighted by Gasteiger charge is -1.99. The van der Waals surface area contributed by atoms with E-state index < -0.39 is 5.97 Å². The van der Waals surface area contributed by atoms with Crippen molar-refractivity contribution >= 4 is 17.6 Å². The first-order valence-corrected chi connectivity index (χ1v) is 4.73. The van der Waals surface area contributed by atoms with Gasteiger partial charge in [-0.05, 0) is 6.07 Å². The molecule has 6 nitrogen and oxygen atoms in total. The fourth-order valence-corrected chi connectivity index (χ4v) is 1.04. The zero-order valence-corrected chi connectivity index (χ0v) is 9.15. The second kappa shape index (κ2) is 5.51. The van der Waals surface area contributed by atoms with Crippen LogP contribution in [0.25, 0.3) is 0 Å². The Hall–Kier alpha value is -2.55. The lowest BCUT2D eigenvalue weighted by atomic mass is 10.2. The van der Waals surface area contributed by atoms with E-state index in [2.05, 4.69) is 22.1 Å². The number of carboxylic acid groups (broad SMARTS) is 1. The number of hydrogen-bond donors (Lipinski definition) is 3. The molecule has 17 heavy (non-hydrogen) atoms. The van der Waals surface area contributed by atoms with Crippen molar-refractivity contribution in [1.82, 2.24) is 10.3 Å². The van der Waals surface area contributed by atoms with Crippen LogP contribution in [0.1, 0.15) is 23.0 Å². The number of nitrogens with one attached hydrogen (secondary N) is 1. The molecule has 1 aromatic rings. The molecular weight excluding hydrogens is 222 g/mol. The number of carbonyl (C=O) groups excluding carboxylic acids is 1. The van der Waals surface area contributed by atoms with Gasteiger partial charge in [-0.15, -0.1) is 0 Å². The number of hydrogen-bond acceptors (Lipinski definition) is 4. The van der Waals surface area contributed by atoms with Gasteiger partial charge >= 0.3 is 5.97 Å². The summed E-state index contributed by atoms with van der Waals surface area (Å²) in [5.41, 5.74) is 5.85. The van der Waals surface area contributed by atoms with Gasteiger partial charge < -0.3 is 16.2 Å². The molecule has 0 atom stereocenters. The van der Waals surface area contributed by atoms with E-state index in [1.165, 1.54) is 19.2 Å². The molecule has 1 heterocycles. The van der Waals surface area contributed by atoms with Gasteiger partial charge in [0.1, 0.15) is 0 Å². The molecule has 88 valence electrons. The second-order valence-corrected chi connectivity index (χ2v) is 3.18. The van der Waals surface area contributed by atoms with Crippen molar-refractivity contribution in [1.29, 1.82) is 0 Å². The average Bonchev–Trinajstić information content (AvgIpc) is 2.23. The average molecular weight is 233 g/mol. The molecule has 0 aliphatic carbocycles. The third-order valence-electron chi connectivity index (χ3n) is 1.78. The van der Waals surface area contributed by atoms with E-state index in [9.17, 15) is 9.59 Å². The first-order valence-electron chi connectivity index (χ1n) is 4.73. The Kier molecular flexibility index (Phi) is 4.06. The van der Waals surface area contributed by atoms with Gasteiger partial charge in [-0.3, -0.25) is 4.79 Å². The van der Waals surface area contributed by atoms with Gasteiger partial charge in [0.2, 0.25) is 5.91 Å².